The molecule has 2 rings (SSSR count). The Balaban J connectivity index is 2.32. The van der Waals surface area contributed by atoms with Crippen molar-refractivity contribution < 1.29 is 14.3 Å². The van der Waals surface area contributed by atoms with Gasteiger partial charge in [0.25, 0.3) is 0 Å². The highest BCUT2D eigenvalue weighted by molar-refractivity contribution is 7.13. The van der Waals surface area contributed by atoms with Crippen LogP contribution in [0.5, 0.6) is 0 Å². The van der Waals surface area contributed by atoms with Crippen molar-refractivity contribution in [3.63, 3.8) is 0 Å². The summed E-state index contributed by atoms with van der Waals surface area (Å²) in [4.78, 5) is 15.9. The van der Waals surface area contributed by atoms with Crippen molar-refractivity contribution in [2.24, 2.45) is 5.92 Å². The molecule has 21 heavy (non-hydrogen) atoms. The van der Waals surface area contributed by atoms with Crippen LogP contribution in [-0.4, -0.2) is 16.1 Å². The molecule has 0 aliphatic carbocycles. The van der Waals surface area contributed by atoms with Crippen LogP contribution in [0.15, 0.2) is 18.2 Å². The molecule has 1 aromatic heterocycles. The second-order valence-corrected chi connectivity index (χ2v) is 6.67. The summed E-state index contributed by atoms with van der Waals surface area (Å²) in [6.07, 6.45) is 0.839. The van der Waals surface area contributed by atoms with E-state index < -0.39 is 11.8 Å². The maximum atomic E-state index is 13.9. The standard InChI is InChI=1S/C15H15ClFNO2S/c1-8(2)6-11-14(15(19)20)21-12(18-11)7-9-4-3-5-10(16)13(9)17/h3-5,8H,6-7H2,1-2H3,(H,19,20). The van der Waals surface area contributed by atoms with Crippen LogP contribution in [0, 0.1) is 11.7 Å². The van der Waals surface area contributed by atoms with Crippen molar-refractivity contribution >= 4 is 28.9 Å². The van der Waals surface area contributed by atoms with E-state index in [4.69, 9.17) is 11.6 Å². The van der Waals surface area contributed by atoms with Gasteiger partial charge in [0.2, 0.25) is 0 Å². The molecule has 0 spiro atoms. The Labute approximate surface area is 131 Å². The number of nitrogens with zero attached hydrogens (tertiary/aromatic N) is 1. The summed E-state index contributed by atoms with van der Waals surface area (Å²) >= 11 is 6.85. The van der Waals surface area contributed by atoms with Crippen LogP contribution in [-0.2, 0) is 12.8 Å². The smallest absolute Gasteiger partial charge is 0.347 e. The van der Waals surface area contributed by atoms with Gasteiger partial charge >= 0.3 is 5.97 Å². The molecular formula is C15H15ClFNO2S. The van der Waals surface area contributed by atoms with Crippen LogP contribution >= 0.6 is 22.9 Å². The fourth-order valence-electron chi connectivity index (χ4n) is 2.02. The monoisotopic (exact) mass is 327 g/mol. The summed E-state index contributed by atoms with van der Waals surface area (Å²) in [5.74, 6) is -1.15. The highest BCUT2D eigenvalue weighted by Gasteiger charge is 2.19. The first-order chi connectivity index (χ1) is 9.88. The zero-order valence-corrected chi connectivity index (χ0v) is 13.3. The average molecular weight is 328 g/mol. The van der Waals surface area contributed by atoms with Crippen molar-refractivity contribution in [3.05, 3.63) is 50.2 Å². The average Bonchev–Trinajstić information content (AvgIpc) is 2.77. The zero-order chi connectivity index (χ0) is 15.6. The number of thiazole rings is 1. The summed E-state index contributed by atoms with van der Waals surface area (Å²) < 4.78 is 13.9. The van der Waals surface area contributed by atoms with Crippen LogP contribution < -0.4 is 0 Å². The molecule has 0 bridgehead atoms. The number of rotatable bonds is 5. The predicted octanol–water partition coefficient (Wildman–Crippen LogP) is 4.42. The molecule has 1 heterocycles. The van der Waals surface area contributed by atoms with Gasteiger partial charge in [-0.25, -0.2) is 14.2 Å². The van der Waals surface area contributed by atoms with Gasteiger partial charge < -0.3 is 5.11 Å². The molecule has 0 aliphatic rings. The first-order valence-corrected chi connectivity index (χ1v) is 7.72. The van der Waals surface area contributed by atoms with Crippen LogP contribution in [0.2, 0.25) is 5.02 Å². The minimum absolute atomic E-state index is 0.0601. The van der Waals surface area contributed by atoms with E-state index in [1.54, 1.807) is 12.1 Å². The minimum Gasteiger partial charge on any atom is -0.477 e. The third-order valence-electron chi connectivity index (χ3n) is 2.91. The Morgan fingerprint density at radius 3 is 2.81 bits per heavy atom. The fourth-order valence-corrected chi connectivity index (χ4v) is 3.16. The maximum Gasteiger partial charge on any atom is 0.347 e. The molecule has 2 aromatic rings. The van der Waals surface area contributed by atoms with Crippen molar-refractivity contribution in [2.75, 3.05) is 0 Å². The number of hydrogen-bond donors (Lipinski definition) is 1. The highest BCUT2D eigenvalue weighted by Crippen LogP contribution is 2.26. The van der Waals surface area contributed by atoms with Gasteiger partial charge in [0.15, 0.2) is 0 Å². The van der Waals surface area contributed by atoms with E-state index in [2.05, 4.69) is 4.98 Å². The van der Waals surface area contributed by atoms with Gasteiger partial charge in [-0.3, -0.25) is 0 Å². The van der Waals surface area contributed by atoms with E-state index in [1.165, 1.54) is 6.07 Å². The normalized spacial score (nSPS) is 11.1. The van der Waals surface area contributed by atoms with E-state index in [-0.39, 0.29) is 16.3 Å². The van der Waals surface area contributed by atoms with Crippen molar-refractivity contribution in [3.8, 4) is 0 Å². The molecule has 0 amide bonds. The molecule has 1 aromatic carbocycles. The lowest BCUT2D eigenvalue weighted by Crippen LogP contribution is -2.02. The Bertz CT molecular complexity index is 670. The number of carbonyl (C=O) groups is 1. The number of halogens is 2. The van der Waals surface area contributed by atoms with Gasteiger partial charge in [-0.1, -0.05) is 37.6 Å². The van der Waals surface area contributed by atoms with Gasteiger partial charge in [0, 0.05) is 6.42 Å². The number of hydrogen-bond acceptors (Lipinski definition) is 3. The Hall–Kier alpha value is -1.46. The van der Waals surface area contributed by atoms with Crippen LogP contribution in [0.25, 0.3) is 0 Å². The van der Waals surface area contributed by atoms with E-state index in [9.17, 15) is 14.3 Å². The van der Waals surface area contributed by atoms with Crippen LogP contribution in [0.1, 0.15) is 39.8 Å². The van der Waals surface area contributed by atoms with Crippen LogP contribution in [0.3, 0.4) is 0 Å². The highest BCUT2D eigenvalue weighted by atomic mass is 35.5. The predicted molar refractivity (Wildman–Crippen MR) is 81.8 cm³/mol. The molecular weight excluding hydrogens is 313 g/mol. The van der Waals surface area contributed by atoms with Gasteiger partial charge in [0.1, 0.15) is 10.7 Å². The SMILES string of the molecule is CC(C)Cc1nc(Cc2cccc(Cl)c2F)sc1C(=O)O. The van der Waals surface area contributed by atoms with Gasteiger partial charge in [-0.2, -0.15) is 0 Å². The first-order valence-electron chi connectivity index (χ1n) is 6.53. The Morgan fingerprint density at radius 1 is 1.48 bits per heavy atom. The number of aromatic carboxylic acids is 1. The number of carboxylic acid groups (broad SMARTS) is 1. The van der Waals surface area contributed by atoms with E-state index in [0.717, 1.165) is 11.3 Å². The second-order valence-electron chi connectivity index (χ2n) is 5.18. The lowest BCUT2D eigenvalue weighted by molar-refractivity contribution is 0.0700. The molecule has 112 valence electrons. The van der Waals surface area contributed by atoms with E-state index in [0.29, 0.717) is 28.6 Å². The summed E-state index contributed by atoms with van der Waals surface area (Å²) in [7, 11) is 0. The summed E-state index contributed by atoms with van der Waals surface area (Å²) in [6.45, 7) is 4.00. The molecule has 6 heteroatoms. The van der Waals surface area contributed by atoms with Crippen molar-refractivity contribution in [1.82, 2.24) is 4.98 Å². The maximum absolute atomic E-state index is 13.9. The zero-order valence-electron chi connectivity index (χ0n) is 11.7. The molecule has 0 aliphatic heterocycles. The summed E-state index contributed by atoms with van der Waals surface area (Å²) in [6, 6.07) is 4.78. The number of carboxylic acids is 1. The van der Waals surface area contributed by atoms with Gasteiger partial charge in [-0.15, -0.1) is 11.3 Å². The molecule has 0 atom stereocenters. The third kappa shape index (κ3) is 3.80. The molecule has 0 unspecified atom stereocenters. The molecule has 0 fully saturated rings. The molecule has 0 saturated heterocycles. The van der Waals surface area contributed by atoms with E-state index in [1.807, 2.05) is 13.8 Å². The minimum atomic E-state index is -0.985. The lowest BCUT2D eigenvalue weighted by Gasteiger charge is -2.02. The molecule has 1 N–H and O–H groups in total. The Morgan fingerprint density at radius 2 is 2.19 bits per heavy atom. The first kappa shape index (κ1) is 15.9. The van der Waals surface area contributed by atoms with Gasteiger partial charge in [-0.05, 0) is 24.0 Å². The molecule has 0 saturated carbocycles. The molecule has 0 radical (unpaired) electrons. The van der Waals surface area contributed by atoms with Crippen molar-refractivity contribution in [1.29, 1.82) is 0 Å². The van der Waals surface area contributed by atoms with E-state index >= 15 is 0 Å². The summed E-state index contributed by atoms with van der Waals surface area (Å²) in [5, 5.41) is 9.88. The fraction of sp³-hybridized carbons (Fsp3) is 0.333. The third-order valence-corrected chi connectivity index (χ3v) is 4.29. The largest absolute Gasteiger partial charge is 0.477 e. The second kappa shape index (κ2) is 6.54. The molecule has 3 nitrogen and oxygen atoms in total. The topological polar surface area (TPSA) is 50.2 Å². The van der Waals surface area contributed by atoms with Crippen LogP contribution in [0.4, 0.5) is 4.39 Å². The van der Waals surface area contributed by atoms with Gasteiger partial charge in [0.05, 0.1) is 15.7 Å². The van der Waals surface area contributed by atoms with Crippen molar-refractivity contribution in [2.45, 2.75) is 26.7 Å². The number of benzene rings is 1. The number of aromatic nitrogens is 1. The Kier molecular flexibility index (Phi) is 4.96. The summed E-state index contributed by atoms with van der Waals surface area (Å²) in [5.41, 5.74) is 0.990. The quantitative estimate of drug-likeness (QED) is 0.884. The lowest BCUT2D eigenvalue weighted by atomic mass is 10.1.